The summed E-state index contributed by atoms with van der Waals surface area (Å²) in [7, 11) is 0. The second-order valence-electron chi connectivity index (χ2n) is 5.90. The number of amides is 2. The average Bonchev–Trinajstić information content (AvgIpc) is 2.63. The molecule has 0 aliphatic heterocycles. The molecule has 0 radical (unpaired) electrons. The van der Waals surface area contributed by atoms with E-state index < -0.39 is 0 Å². The van der Waals surface area contributed by atoms with Crippen LogP contribution in [0, 0.1) is 6.92 Å². The molecule has 1 heterocycles. The number of rotatable bonds is 5. The molecular formula is C21H21N3O. The zero-order valence-corrected chi connectivity index (χ0v) is 14.2. The Morgan fingerprint density at radius 2 is 1.68 bits per heavy atom. The Balaban J connectivity index is 1.63. The first kappa shape index (κ1) is 16.7. The summed E-state index contributed by atoms with van der Waals surface area (Å²) in [4.78, 5) is 16.6. The van der Waals surface area contributed by atoms with Gasteiger partial charge < -0.3 is 10.6 Å². The third-order valence-electron chi connectivity index (χ3n) is 3.88. The number of pyridine rings is 1. The van der Waals surface area contributed by atoms with Crippen LogP contribution < -0.4 is 10.6 Å². The van der Waals surface area contributed by atoms with Crippen LogP contribution in [0.1, 0.15) is 22.5 Å². The van der Waals surface area contributed by atoms with E-state index in [9.17, 15) is 4.79 Å². The molecule has 0 aliphatic rings. The molecule has 3 rings (SSSR count). The molecule has 2 N–H and O–H groups in total. The highest BCUT2D eigenvalue weighted by Gasteiger charge is 2.07. The fourth-order valence-corrected chi connectivity index (χ4v) is 2.65. The van der Waals surface area contributed by atoms with E-state index in [-0.39, 0.29) is 6.03 Å². The SMILES string of the molecule is Cc1cccc(CNC(=O)Nc2ccccc2Cc2ccccc2)n1. The van der Waals surface area contributed by atoms with Crippen molar-refractivity contribution in [2.75, 3.05) is 5.32 Å². The lowest BCUT2D eigenvalue weighted by atomic mass is 10.0. The van der Waals surface area contributed by atoms with Crippen molar-refractivity contribution in [1.29, 1.82) is 0 Å². The van der Waals surface area contributed by atoms with Crippen molar-refractivity contribution in [3.05, 3.63) is 95.3 Å². The van der Waals surface area contributed by atoms with Crippen LogP contribution in [0.3, 0.4) is 0 Å². The van der Waals surface area contributed by atoms with Crippen molar-refractivity contribution in [3.63, 3.8) is 0 Å². The fraction of sp³-hybridized carbons (Fsp3) is 0.143. The average molecular weight is 331 g/mol. The lowest BCUT2D eigenvalue weighted by Crippen LogP contribution is -2.29. The van der Waals surface area contributed by atoms with Gasteiger partial charge in [0.25, 0.3) is 0 Å². The number of aromatic nitrogens is 1. The number of para-hydroxylation sites is 1. The van der Waals surface area contributed by atoms with E-state index in [0.717, 1.165) is 29.1 Å². The Morgan fingerprint density at radius 3 is 2.48 bits per heavy atom. The highest BCUT2D eigenvalue weighted by atomic mass is 16.2. The monoisotopic (exact) mass is 331 g/mol. The number of nitrogens with one attached hydrogen (secondary N) is 2. The van der Waals surface area contributed by atoms with E-state index in [1.54, 1.807) is 0 Å². The number of carbonyl (C=O) groups is 1. The van der Waals surface area contributed by atoms with Crippen molar-refractivity contribution < 1.29 is 4.79 Å². The molecule has 4 nitrogen and oxygen atoms in total. The summed E-state index contributed by atoms with van der Waals surface area (Å²) >= 11 is 0. The molecule has 2 aromatic carbocycles. The second-order valence-corrected chi connectivity index (χ2v) is 5.90. The summed E-state index contributed by atoms with van der Waals surface area (Å²) in [6.45, 7) is 2.33. The van der Waals surface area contributed by atoms with Crippen LogP contribution >= 0.6 is 0 Å². The van der Waals surface area contributed by atoms with Crippen molar-refractivity contribution in [2.45, 2.75) is 19.9 Å². The first-order valence-corrected chi connectivity index (χ1v) is 8.30. The Morgan fingerprint density at radius 1 is 0.920 bits per heavy atom. The largest absolute Gasteiger partial charge is 0.332 e. The van der Waals surface area contributed by atoms with Crippen molar-refractivity contribution in [1.82, 2.24) is 10.3 Å². The Labute approximate surface area is 147 Å². The normalized spacial score (nSPS) is 10.3. The molecule has 0 saturated carbocycles. The smallest absolute Gasteiger partial charge is 0.319 e. The Hall–Kier alpha value is -3.14. The minimum absolute atomic E-state index is 0.233. The third-order valence-corrected chi connectivity index (χ3v) is 3.88. The third kappa shape index (κ3) is 4.91. The predicted octanol–water partition coefficient (Wildman–Crippen LogP) is 4.30. The molecule has 0 spiro atoms. The van der Waals surface area contributed by atoms with Gasteiger partial charge in [0.2, 0.25) is 0 Å². The number of carbonyl (C=O) groups excluding carboxylic acids is 1. The van der Waals surface area contributed by atoms with E-state index in [4.69, 9.17) is 0 Å². The van der Waals surface area contributed by atoms with Gasteiger partial charge in [-0.25, -0.2) is 4.79 Å². The highest BCUT2D eigenvalue weighted by molar-refractivity contribution is 5.90. The summed E-state index contributed by atoms with van der Waals surface area (Å²) in [5.41, 5.74) is 4.89. The topological polar surface area (TPSA) is 54.0 Å². The van der Waals surface area contributed by atoms with Gasteiger partial charge in [0.1, 0.15) is 0 Å². The maximum atomic E-state index is 12.2. The van der Waals surface area contributed by atoms with Gasteiger partial charge in [-0.1, -0.05) is 54.6 Å². The van der Waals surface area contributed by atoms with E-state index >= 15 is 0 Å². The molecule has 0 unspecified atom stereocenters. The van der Waals surface area contributed by atoms with Crippen molar-refractivity contribution in [3.8, 4) is 0 Å². The number of hydrogen-bond acceptors (Lipinski definition) is 2. The Bertz CT molecular complexity index is 847. The van der Waals surface area contributed by atoms with E-state index in [1.807, 2.05) is 67.6 Å². The number of anilines is 1. The number of nitrogens with zero attached hydrogens (tertiary/aromatic N) is 1. The van der Waals surface area contributed by atoms with Crippen LogP contribution in [0.25, 0.3) is 0 Å². The van der Waals surface area contributed by atoms with Gasteiger partial charge in [-0.2, -0.15) is 0 Å². The molecule has 1 aromatic heterocycles. The maximum Gasteiger partial charge on any atom is 0.319 e. The first-order chi connectivity index (χ1) is 12.2. The summed E-state index contributed by atoms with van der Waals surface area (Å²) in [6, 6.07) is 23.6. The minimum Gasteiger partial charge on any atom is -0.332 e. The van der Waals surface area contributed by atoms with Crippen LogP contribution in [0.4, 0.5) is 10.5 Å². The molecule has 0 bridgehead atoms. The molecular weight excluding hydrogens is 310 g/mol. The lowest BCUT2D eigenvalue weighted by molar-refractivity contribution is 0.251. The number of hydrogen-bond donors (Lipinski definition) is 2. The summed E-state index contributed by atoms with van der Waals surface area (Å²) < 4.78 is 0. The lowest BCUT2D eigenvalue weighted by Gasteiger charge is -2.12. The molecule has 126 valence electrons. The van der Waals surface area contributed by atoms with Gasteiger partial charge in [-0.15, -0.1) is 0 Å². The quantitative estimate of drug-likeness (QED) is 0.732. The van der Waals surface area contributed by atoms with Gasteiger partial charge in [0.05, 0.1) is 12.2 Å². The van der Waals surface area contributed by atoms with Crippen LogP contribution in [-0.4, -0.2) is 11.0 Å². The van der Waals surface area contributed by atoms with Crippen LogP contribution in [0.15, 0.2) is 72.8 Å². The fourth-order valence-electron chi connectivity index (χ4n) is 2.65. The molecule has 0 aliphatic carbocycles. The van der Waals surface area contributed by atoms with E-state index in [1.165, 1.54) is 5.56 Å². The molecule has 2 amide bonds. The molecule has 25 heavy (non-hydrogen) atoms. The van der Waals surface area contributed by atoms with Gasteiger partial charge in [0.15, 0.2) is 0 Å². The van der Waals surface area contributed by atoms with E-state index in [0.29, 0.717) is 6.54 Å². The number of urea groups is 1. The molecule has 3 aromatic rings. The Kier molecular flexibility index (Phi) is 5.42. The highest BCUT2D eigenvalue weighted by Crippen LogP contribution is 2.19. The summed E-state index contributed by atoms with van der Waals surface area (Å²) in [5.74, 6) is 0. The minimum atomic E-state index is -0.233. The zero-order valence-electron chi connectivity index (χ0n) is 14.2. The summed E-state index contributed by atoms with van der Waals surface area (Å²) in [6.07, 6.45) is 0.775. The van der Waals surface area contributed by atoms with E-state index in [2.05, 4.69) is 27.8 Å². The maximum absolute atomic E-state index is 12.2. The van der Waals surface area contributed by atoms with Gasteiger partial charge >= 0.3 is 6.03 Å². The van der Waals surface area contributed by atoms with Crippen LogP contribution in [0.2, 0.25) is 0 Å². The molecule has 0 fully saturated rings. The van der Waals surface area contributed by atoms with Gasteiger partial charge in [0, 0.05) is 11.4 Å². The summed E-state index contributed by atoms with van der Waals surface area (Å²) in [5, 5.41) is 5.79. The van der Waals surface area contributed by atoms with Crippen LogP contribution in [-0.2, 0) is 13.0 Å². The number of benzene rings is 2. The molecule has 4 heteroatoms. The van der Waals surface area contributed by atoms with Gasteiger partial charge in [-0.05, 0) is 42.7 Å². The standard InChI is InChI=1S/C21H21N3O/c1-16-8-7-12-19(23-16)15-22-21(25)24-20-13-6-5-11-18(20)14-17-9-3-2-4-10-17/h2-13H,14-15H2,1H3,(H2,22,24,25). The van der Waals surface area contributed by atoms with Crippen LogP contribution in [0.5, 0.6) is 0 Å². The van der Waals surface area contributed by atoms with Crippen molar-refractivity contribution >= 4 is 11.7 Å². The number of aryl methyl sites for hydroxylation is 1. The second kappa shape index (κ2) is 8.11. The first-order valence-electron chi connectivity index (χ1n) is 8.30. The molecule has 0 saturated heterocycles. The van der Waals surface area contributed by atoms with Crippen molar-refractivity contribution in [2.24, 2.45) is 0 Å². The molecule has 0 atom stereocenters. The predicted molar refractivity (Wildman–Crippen MR) is 101 cm³/mol. The zero-order chi connectivity index (χ0) is 17.5. The van der Waals surface area contributed by atoms with Gasteiger partial charge in [-0.3, -0.25) is 4.98 Å².